The molecule has 20 heavy (non-hydrogen) atoms. The molecule has 0 saturated carbocycles. The topological polar surface area (TPSA) is 75.4 Å². The minimum absolute atomic E-state index is 0.111. The molecule has 4 N–H and O–H groups in total. The smallest absolute Gasteiger partial charge is 0.255 e. The van der Waals surface area contributed by atoms with Crippen molar-refractivity contribution in [1.29, 1.82) is 0 Å². The lowest BCUT2D eigenvalue weighted by Gasteiger charge is -2.11. The van der Waals surface area contributed by atoms with E-state index in [4.69, 9.17) is 28.9 Å². The van der Waals surface area contributed by atoms with Crippen LogP contribution in [0, 0.1) is 6.92 Å². The van der Waals surface area contributed by atoms with Crippen molar-refractivity contribution in [3.63, 3.8) is 0 Å². The highest BCUT2D eigenvalue weighted by molar-refractivity contribution is 6.37. The van der Waals surface area contributed by atoms with Crippen LogP contribution >= 0.6 is 23.2 Å². The lowest BCUT2D eigenvalue weighted by atomic mass is 10.1. The van der Waals surface area contributed by atoms with Crippen molar-refractivity contribution in [2.24, 2.45) is 0 Å². The van der Waals surface area contributed by atoms with Crippen molar-refractivity contribution in [2.45, 2.75) is 6.92 Å². The summed E-state index contributed by atoms with van der Waals surface area (Å²) < 4.78 is 0. The Hall–Kier alpha value is -1.91. The van der Waals surface area contributed by atoms with Gasteiger partial charge in [0.15, 0.2) is 5.75 Å². The largest absolute Gasteiger partial charge is 0.504 e. The fourth-order valence-electron chi connectivity index (χ4n) is 1.67. The van der Waals surface area contributed by atoms with E-state index in [0.717, 1.165) is 0 Å². The Morgan fingerprint density at radius 3 is 2.65 bits per heavy atom. The Balaban J connectivity index is 2.33. The second-order valence-corrected chi connectivity index (χ2v) is 5.06. The SMILES string of the molecule is Cc1c(Cl)cc(NC(=O)c2cccc(N)c2)c(O)c1Cl. The van der Waals surface area contributed by atoms with E-state index in [0.29, 0.717) is 21.8 Å². The van der Waals surface area contributed by atoms with Gasteiger partial charge >= 0.3 is 0 Å². The first-order valence-electron chi connectivity index (χ1n) is 5.74. The summed E-state index contributed by atoms with van der Waals surface area (Å²) in [5.74, 6) is -0.630. The molecule has 2 rings (SSSR count). The molecule has 0 saturated heterocycles. The number of phenols is 1. The zero-order valence-electron chi connectivity index (χ0n) is 10.6. The highest BCUT2D eigenvalue weighted by atomic mass is 35.5. The number of rotatable bonds is 2. The molecular weight excluding hydrogens is 299 g/mol. The maximum atomic E-state index is 12.1. The van der Waals surface area contributed by atoms with Gasteiger partial charge < -0.3 is 16.2 Å². The summed E-state index contributed by atoms with van der Waals surface area (Å²) in [7, 11) is 0. The summed E-state index contributed by atoms with van der Waals surface area (Å²) in [6.07, 6.45) is 0. The maximum Gasteiger partial charge on any atom is 0.255 e. The molecule has 0 spiro atoms. The standard InChI is InChI=1S/C14H12Cl2N2O2/c1-7-10(15)6-11(13(19)12(7)16)18-14(20)8-3-2-4-9(17)5-8/h2-6,19H,17H2,1H3,(H,18,20). The average molecular weight is 311 g/mol. The van der Waals surface area contributed by atoms with Crippen LogP contribution in [0.3, 0.4) is 0 Å². The molecular formula is C14H12Cl2N2O2. The van der Waals surface area contributed by atoms with Gasteiger partial charge in [-0.25, -0.2) is 0 Å². The fourth-order valence-corrected chi connectivity index (χ4v) is 2.13. The van der Waals surface area contributed by atoms with Crippen LogP contribution in [-0.4, -0.2) is 11.0 Å². The van der Waals surface area contributed by atoms with Crippen LogP contribution in [-0.2, 0) is 0 Å². The molecule has 0 heterocycles. The summed E-state index contributed by atoms with van der Waals surface area (Å²) in [5.41, 5.74) is 7.16. The molecule has 0 bridgehead atoms. The number of anilines is 2. The number of nitrogens with two attached hydrogens (primary N) is 1. The Bertz CT molecular complexity index is 687. The molecule has 0 fully saturated rings. The normalized spacial score (nSPS) is 10.3. The molecule has 0 radical (unpaired) electrons. The van der Waals surface area contributed by atoms with Crippen molar-refractivity contribution >= 4 is 40.5 Å². The number of benzene rings is 2. The number of carbonyl (C=O) groups excluding carboxylic acids is 1. The lowest BCUT2D eigenvalue weighted by molar-refractivity contribution is 0.102. The quantitative estimate of drug-likeness (QED) is 0.582. The summed E-state index contributed by atoms with van der Waals surface area (Å²) in [6.45, 7) is 1.67. The Morgan fingerprint density at radius 1 is 1.30 bits per heavy atom. The zero-order chi connectivity index (χ0) is 14.9. The first-order chi connectivity index (χ1) is 9.40. The molecule has 0 unspecified atom stereocenters. The number of amides is 1. The van der Waals surface area contributed by atoms with Crippen molar-refractivity contribution in [3.8, 4) is 5.75 Å². The molecule has 0 aliphatic rings. The van der Waals surface area contributed by atoms with Crippen LogP contribution in [0.1, 0.15) is 15.9 Å². The number of carbonyl (C=O) groups is 1. The van der Waals surface area contributed by atoms with E-state index in [-0.39, 0.29) is 16.5 Å². The maximum absolute atomic E-state index is 12.1. The van der Waals surface area contributed by atoms with Crippen LogP contribution in [0.25, 0.3) is 0 Å². The van der Waals surface area contributed by atoms with Crippen LogP contribution < -0.4 is 11.1 Å². The zero-order valence-corrected chi connectivity index (χ0v) is 12.1. The first-order valence-corrected chi connectivity index (χ1v) is 6.50. The summed E-state index contributed by atoms with van der Waals surface area (Å²) in [5, 5.41) is 12.9. The molecule has 0 aliphatic heterocycles. The number of nitrogen functional groups attached to an aromatic ring is 1. The number of halogens is 2. The van der Waals surface area contributed by atoms with E-state index < -0.39 is 5.91 Å². The summed E-state index contributed by atoms with van der Waals surface area (Å²) in [6, 6.07) is 7.93. The van der Waals surface area contributed by atoms with Gasteiger partial charge in [0.05, 0.1) is 10.7 Å². The van der Waals surface area contributed by atoms with Gasteiger partial charge in [0.2, 0.25) is 0 Å². The average Bonchev–Trinajstić information content (AvgIpc) is 2.42. The summed E-state index contributed by atoms with van der Waals surface area (Å²) in [4.78, 5) is 12.1. The third-order valence-electron chi connectivity index (χ3n) is 2.82. The third kappa shape index (κ3) is 2.81. The Morgan fingerprint density at radius 2 is 2.00 bits per heavy atom. The van der Waals surface area contributed by atoms with Gasteiger partial charge in [0.25, 0.3) is 5.91 Å². The molecule has 2 aromatic rings. The highest BCUT2D eigenvalue weighted by Crippen LogP contribution is 2.38. The van der Waals surface area contributed by atoms with Gasteiger partial charge in [-0.05, 0) is 36.8 Å². The van der Waals surface area contributed by atoms with Gasteiger partial charge in [-0.15, -0.1) is 0 Å². The number of aromatic hydroxyl groups is 1. The molecule has 0 aliphatic carbocycles. The molecule has 104 valence electrons. The van der Waals surface area contributed by atoms with Gasteiger partial charge in [-0.1, -0.05) is 29.3 Å². The van der Waals surface area contributed by atoms with Gasteiger partial charge in [-0.3, -0.25) is 4.79 Å². The monoisotopic (exact) mass is 310 g/mol. The van der Waals surface area contributed by atoms with E-state index in [1.54, 1.807) is 25.1 Å². The minimum atomic E-state index is -0.413. The van der Waals surface area contributed by atoms with Gasteiger partial charge in [0.1, 0.15) is 0 Å². The fraction of sp³-hybridized carbons (Fsp3) is 0.0714. The number of hydrogen-bond donors (Lipinski definition) is 3. The Labute approximate surface area is 126 Å². The predicted octanol–water partition coefficient (Wildman–Crippen LogP) is 3.84. The van der Waals surface area contributed by atoms with Crippen molar-refractivity contribution < 1.29 is 9.90 Å². The lowest BCUT2D eigenvalue weighted by Crippen LogP contribution is -2.12. The van der Waals surface area contributed by atoms with Crippen LogP contribution in [0.2, 0.25) is 10.0 Å². The van der Waals surface area contributed by atoms with Gasteiger partial charge in [0, 0.05) is 16.3 Å². The molecule has 0 aromatic heterocycles. The van der Waals surface area contributed by atoms with E-state index in [9.17, 15) is 9.90 Å². The molecule has 4 nitrogen and oxygen atoms in total. The number of phenolic OH excluding ortho intramolecular Hbond substituents is 1. The van der Waals surface area contributed by atoms with Gasteiger partial charge in [-0.2, -0.15) is 0 Å². The van der Waals surface area contributed by atoms with Crippen LogP contribution in [0.5, 0.6) is 5.75 Å². The first kappa shape index (κ1) is 14.5. The van der Waals surface area contributed by atoms with E-state index in [1.165, 1.54) is 12.1 Å². The van der Waals surface area contributed by atoms with Crippen molar-refractivity contribution in [2.75, 3.05) is 11.1 Å². The summed E-state index contributed by atoms with van der Waals surface area (Å²) >= 11 is 11.9. The van der Waals surface area contributed by atoms with Crippen molar-refractivity contribution in [1.82, 2.24) is 0 Å². The van der Waals surface area contributed by atoms with E-state index in [1.807, 2.05) is 0 Å². The predicted molar refractivity (Wildman–Crippen MR) is 81.7 cm³/mol. The number of nitrogens with one attached hydrogen (secondary N) is 1. The van der Waals surface area contributed by atoms with E-state index in [2.05, 4.69) is 5.32 Å². The number of hydrogen-bond acceptors (Lipinski definition) is 3. The molecule has 6 heteroatoms. The third-order valence-corrected chi connectivity index (χ3v) is 3.67. The molecule has 0 atom stereocenters. The van der Waals surface area contributed by atoms with Crippen molar-refractivity contribution in [3.05, 3.63) is 51.5 Å². The molecule has 2 aromatic carbocycles. The van der Waals surface area contributed by atoms with E-state index >= 15 is 0 Å². The minimum Gasteiger partial charge on any atom is -0.504 e. The van der Waals surface area contributed by atoms with Crippen LogP contribution in [0.15, 0.2) is 30.3 Å². The highest BCUT2D eigenvalue weighted by Gasteiger charge is 2.15. The Kier molecular flexibility index (Phi) is 4.06. The second kappa shape index (κ2) is 5.61. The van der Waals surface area contributed by atoms with Crippen LogP contribution in [0.4, 0.5) is 11.4 Å². The molecule has 1 amide bonds. The second-order valence-electron chi connectivity index (χ2n) is 4.27.